The standard InChI is InChI=1S/C23H23IN2O3/c1-4-11-29-22-20(24)13-17(14-21(22)28-5-2)12-19(15-25)23(27)26-16(3)18-9-7-6-8-10-18/h4,6-10,12-14,16H,1,5,11H2,2-3H3,(H,26,27)/b19-12-/t16-/m0/s1. The van der Waals surface area contributed by atoms with Gasteiger partial charge in [-0.05, 0) is 65.8 Å². The van der Waals surface area contributed by atoms with Crippen LogP contribution in [-0.2, 0) is 4.79 Å². The van der Waals surface area contributed by atoms with Gasteiger partial charge in [-0.25, -0.2) is 0 Å². The van der Waals surface area contributed by atoms with Crippen molar-refractivity contribution < 1.29 is 14.3 Å². The number of halogens is 1. The van der Waals surface area contributed by atoms with E-state index in [0.29, 0.717) is 30.3 Å². The first-order chi connectivity index (χ1) is 14.0. The van der Waals surface area contributed by atoms with E-state index in [0.717, 1.165) is 9.13 Å². The normalized spacial score (nSPS) is 11.9. The van der Waals surface area contributed by atoms with Gasteiger partial charge in [0.1, 0.15) is 18.2 Å². The van der Waals surface area contributed by atoms with E-state index in [1.165, 1.54) is 0 Å². The Bertz CT molecular complexity index is 933. The molecule has 2 aromatic carbocycles. The summed E-state index contributed by atoms with van der Waals surface area (Å²) in [5.41, 5.74) is 1.67. The lowest BCUT2D eigenvalue weighted by Crippen LogP contribution is -2.27. The molecular formula is C23H23IN2O3. The zero-order chi connectivity index (χ0) is 21.2. The number of nitrogens with zero attached hydrogens (tertiary/aromatic N) is 1. The number of hydrogen-bond acceptors (Lipinski definition) is 4. The molecule has 5 nitrogen and oxygen atoms in total. The highest BCUT2D eigenvalue weighted by Crippen LogP contribution is 2.35. The van der Waals surface area contributed by atoms with Gasteiger partial charge >= 0.3 is 0 Å². The quantitative estimate of drug-likeness (QED) is 0.226. The minimum atomic E-state index is -0.427. The fourth-order valence-corrected chi connectivity index (χ4v) is 3.41. The predicted octanol–water partition coefficient (Wildman–Crippen LogP) is 5.04. The second-order valence-electron chi connectivity index (χ2n) is 6.14. The molecule has 29 heavy (non-hydrogen) atoms. The lowest BCUT2D eigenvalue weighted by molar-refractivity contribution is -0.117. The van der Waals surface area contributed by atoms with Crippen LogP contribution in [0.5, 0.6) is 11.5 Å². The fourth-order valence-electron chi connectivity index (χ4n) is 2.63. The summed E-state index contributed by atoms with van der Waals surface area (Å²) in [5.74, 6) is 0.747. The second-order valence-corrected chi connectivity index (χ2v) is 7.30. The highest BCUT2D eigenvalue weighted by atomic mass is 127. The average Bonchev–Trinajstić information content (AvgIpc) is 2.72. The van der Waals surface area contributed by atoms with Crippen LogP contribution >= 0.6 is 22.6 Å². The Morgan fingerprint density at radius 1 is 1.31 bits per heavy atom. The highest BCUT2D eigenvalue weighted by molar-refractivity contribution is 14.1. The molecular weight excluding hydrogens is 479 g/mol. The van der Waals surface area contributed by atoms with E-state index in [4.69, 9.17) is 9.47 Å². The molecule has 6 heteroatoms. The molecule has 0 saturated carbocycles. The zero-order valence-corrected chi connectivity index (χ0v) is 18.6. The van der Waals surface area contributed by atoms with Crippen molar-refractivity contribution in [1.29, 1.82) is 5.26 Å². The van der Waals surface area contributed by atoms with Gasteiger partial charge in [0.2, 0.25) is 0 Å². The number of carbonyl (C=O) groups is 1. The Kier molecular flexibility index (Phi) is 8.74. The summed E-state index contributed by atoms with van der Waals surface area (Å²) < 4.78 is 12.2. The molecule has 0 spiro atoms. The van der Waals surface area contributed by atoms with Crippen LogP contribution in [0.25, 0.3) is 6.08 Å². The second kappa shape index (κ2) is 11.3. The smallest absolute Gasteiger partial charge is 0.262 e. The van der Waals surface area contributed by atoms with E-state index >= 15 is 0 Å². The third-order valence-corrected chi connectivity index (χ3v) is 4.80. The van der Waals surface area contributed by atoms with E-state index in [1.54, 1.807) is 18.2 Å². The Labute approximate surface area is 185 Å². The Balaban J connectivity index is 2.28. The third-order valence-electron chi connectivity index (χ3n) is 4.00. The number of hydrogen-bond donors (Lipinski definition) is 1. The fraction of sp³-hybridized carbons (Fsp3) is 0.217. The van der Waals surface area contributed by atoms with E-state index < -0.39 is 5.91 Å². The molecule has 0 aromatic heterocycles. The van der Waals surface area contributed by atoms with Crippen molar-refractivity contribution in [2.24, 2.45) is 0 Å². The van der Waals surface area contributed by atoms with Crippen LogP contribution < -0.4 is 14.8 Å². The maximum atomic E-state index is 12.6. The lowest BCUT2D eigenvalue weighted by Gasteiger charge is -2.15. The van der Waals surface area contributed by atoms with Gasteiger partial charge in [0.15, 0.2) is 11.5 Å². The first kappa shape index (κ1) is 22.5. The molecule has 2 rings (SSSR count). The summed E-state index contributed by atoms with van der Waals surface area (Å²) in [4.78, 5) is 12.6. The molecule has 0 radical (unpaired) electrons. The Morgan fingerprint density at radius 2 is 2.03 bits per heavy atom. The summed E-state index contributed by atoms with van der Waals surface area (Å²) in [6.45, 7) is 8.24. The molecule has 1 N–H and O–H groups in total. The number of nitriles is 1. The lowest BCUT2D eigenvalue weighted by atomic mass is 10.1. The number of carbonyl (C=O) groups excluding carboxylic acids is 1. The summed E-state index contributed by atoms with van der Waals surface area (Å²) in [6, 6.07) is 15.0. The molecule has 0 aliphatic rings. The van der Waals surface area contributed by atoms with Crippen LogP contribution in [0.15, 0.2) is 60.7 Å². The SMILES string of the molecule is C=CCOc1c(I)cc(/C=C(/C#N)C(=O)N[C@@H](C)c2ccccc2)cc1OCC. The number of benzene rings is 2. The number of ether oxygens (including phenoxy) is 2. The van der Waals surface area contributed by atoms with Crippen molar-refractivity contribution in [3.05, 3.63) is 75.4 Å². The van der Waals surface area contributed by atoms with Crippen molar-refractivity contribution >= 4 is 34.6 Å². The first-order valence-corrected chi connectivity index (χ1v) is 10.3. The minimum Gasteiger partial charge on any atom is -0.490 e. The van der Waals surface area contributed by atoms with Crippen molar-refractivity contribution in [3.63, 3.8) is 0 Å². The number of amides is 1. The van der Waals surface area contributed by atoms with Gasteiger partial charge < -0.3 is 14.8 Å². The molecule has 0 bridgehead atoms. The van der Waals surface area contributed by atoms with Gasteiger partial charge in [-0.1, -0.05) is 43.0 Å². The van der Waals surface area contributed by atoms with Crippen LogP contribution in [-0.4, -0.2) is 19.1 Å². The van der Waals surface area contributed by atoms with Crippen molar-refractivity contribution in [3.8, 4) is 17.6 Å². The molecule has 0 saturated heterocycles. The predicted molar refractivity (Wildman–Crippen MR) is 123 cm³/mol. The summed E-state index contributed by atoms with van der Waals surface area (Å²) in [6.07, 6.45) is 3.21. The van der Waals surface area contributed by atoms with E-state index in [-0.39, 0.29) is 11.6 Å². The highest BCUT2D eigenvalue weighted by Gasteiger charge is 2.16. The number of rotatable bonds is 9. The molecule has 0 heterocycles. The molecule has 150 valence electrons. The molecule has 0 aliphatic heterocycles. The first-order valence-electron chi connectivity index (χ1n) is 9.17. The van der Waals surface area contributed by atoms with Gasteiger partial charge in [0.05, 0.1) is 16.2 Å². The van der Waals surface area contributed by atoms with Gasteiger partial charge in [-0.3, -0.25) is 4.79 Å². The van der Waals surface area contributed by atoms with Gasteiger partial charge in [0.25, 0.3) is 5.91 Å². The summed E-state index contributed by atoms with van der Waals surface area (Å²) in [5, 5.41) is 12.4. The van der Waals surface area contributed by atoms with E-state index in [2.05, 4.69) is 34.5 Å². The summed E-state index contributed by atoms with van der Waals surface area (Å²) >= 11 is 2.14. The van der Waals surface area contributed by atoms with E-state index in [1.807, 2.05) is 56.3 Å². The molecule has 0 unspecified atom stereocenters. The molecule has 2 aromatic rings. The third kappa shape index (κ3) is 6.36. The van der Waals surface area contributed by atoms with Crippen LogP contribution in [0.1, 0.15) is 31.0 Å². The van der Waals surface area contributed by atoms with Gasteiger partial charge in [-0.15, -0.1) is 0 Å². The van der Waals surface area contributed by atoms with Crippen LogP contribution in [0.2, 0.25) is 0 Å². The minimum absolute atomic E-state index is 0.0192. The van der Waals surface area contributed by atoms with Crippen molar-refractivity contribution in [2.75, 3.05) is 13.2 Å². The average molecular weight is 502 g/mol. The molecule has 1 amide bonds. The molecule has 1 atom stereocenters. The van der Waals surface area contributed by atoms with Gasteiger partial charge in [0, 0.05) is 0 Å². The van der Waals surface area contributed by atoms with Crippen molar-refractivity contribution in [1.82, 2.24) is 5.32 Å². The van der Waals surface area contributed by atoms with Gasteiger partial charge in [-0.2, -0.15) is 5.26 Å². The number of nitrogens with one attached hydrogen (secondary N) is 1. The molecule has 0 fully saturated rings. The Hall–Kier alpha value is -2.79. The topological polar surface area (TPSA) is 71.3 Å². The molecule has 0 aliphatic carbocycles. The maximum absolute atomic E-state index is 12.6. The van der Waals surface area contributed by atoms with E-state index in [9.17, 15) is 10.1 Å². The monoisotopic (exact) mass is 502 g/mol. The largest absolute Gasteiger partial charge is 0.490 e. The maximum Gasteiger partial charge on any atom is 0.262 e. The summed E-state index contributed by atoms with van der Waals surface area (Å²) in [7, 11) is 0. The van der Waals surface area contributed by atoms with Crippen molar-refractivity contribution in [2.45, 2.75) is 19.9 Å². The van der Waals surface area contributed by atoms with Crippen LogP contribution in [0.3, 0.4) is 0 Å². The van der Waals surface area contributed by atoms with Crippen LogP contribution in [0.4, 0.5) is 0 Å². The zero-order valence-electron chi connectivity index (χ0n) is 16.4. The Morgan fingerprint density at radius 3 is 2.66 bits per heavy atom. The van der Waals surface area contributed by atoms with Crippen LogP contribution in [0, 0.1) is 14.9 Å².